The van der Waals surface area contributed by atoms with Crippen LogP contribution in [0.2, 0.25) is 5.02 Å². The van der Waals surface area contributed by atoms with E-state index in [2.05, 4.69) is 40.2 Å². The maximum Gasteiger partial charge on any atom is 0.251 e. The number of Topliss-reactive ketones (excluding diaryl/α,β-unsaturated/α-hetero) is 1. The number of anilines is 1. The highest BCUT2D eigenvalue weighted by atomic mass is 35.5. The Morgan fingerprint density at radius 1 is 1.03 bits per heavy atom. The minimum absolute atomic E-state index is 0.0349. The molecular weight excluding hydrogens is 458 g/mol. The van der Waals surface area contributed by atoms with Crippen LogP contribution in [0.15, 0.2) is 36.4 Å². The molecule has 0 radical (unpaired) electrons. The minimum atomic E-state index is -0.0349. The standard InChI is InChI=1S/C29H36ClN3O2/c1-20-7-9-23(30)19-27(20)33-15-13-32(14-16-33)12-4-11-31-29(35)21-8-10-24-22(17-21)18-28(34)26-6-3-2-5-25(24)26/h7-10,17,19,25-26H,2-6,11-16,18H2,1H3,(H,31,35). The molecule has 2 aliphatic carbocycles. The lowest BCUT2D eigenvalue weighted by Gasteiger charge is -2.37. The first-order valence-electron chi connectivity index (χ1n) is 13.2. The first-order valence-corrected chi connectivity index (χ1v) is 13.5. The summed E-state index contributed by atoms with van der Waals surface area (Å²) in [6.07, 6.45) is 5.90. The molecule has 0 aromatic heterocycles. The van der Waals surface area contributed by atoms with Crippen molar-refractivity contribution in [1.29, 1.82) is 0 Å². The zero-order valence-electron chi connectivity index (χ0n) is 20.7. The Morgan fingerprint density at radius 2 is 1.80 bits per heavy atom. The first-order chi connectivity index (χ1) is 17.0. The molecule has 2 atom stereocenters. The molecule has 5 nitrogen and oxygen atoms in total. The molecular formula is C29H36ClN3O2. The molecule has 2 unspecified atom stereocenters. The number of hydrogen-bond acceptors (Lipinski definition) is 4. The highest BCUT2D eigenvalue weighted by molar-refractivity contribution is 6.30. The van der Waals surface area contributed by atoms with Gasteiger partial charge in [0.15, 0.2) is 0 Å². The van der Waals surface area contributed by atoms with E-state index in [1.807, 2.05) is 18.2 Å². The number of hydrogen-bond donors (Lipinski definition) is 1. The molecule has 2 aromatic rings. The molecule has 6 heteroatoms. The van der Waals surface area contributed by atoms with Crippen molar-refractivity contribution in [2.75, 3.05) is 44.2 Å². The quantitative estimate of drug-likeness (QED) is 0.576. The van der Waals surface area contributed by atoms with Gasteiger partial charge in [0, 0.05) is 61.3 Å². The lowest BCUT2D eigenvalue weighted by atomic mass is 9.67. The summed E-state index contributed by atoms with van der Waals surface area (Å²) < 4.78 is 0. The van der Waals surface area contributed by atoms with Crippen molar-refractivity contribution in [3.8, 4) is 0 Å². The van der Waals surface area contributed by atoms with Crippen molar-refractivity contribution in [2.24, 2.45) is 5.92 Å². The summed E-state index contributed by atoms with van der Waals surface area (Å²) in [5.41, 5.74) is 5.54. The molecule has 1 N–H and O–H groups in total. The number of benzene rings is 2. The van der Waals surface area contributed by atoms with Crippen LogP contribution >= 0.6 is 11.6 Å². The topological polar surface area (TPSA) is 52.6 Å². The van der Waals surface area contributed by atoms with Crippen LogP contribution in [-0.4, -0.2) is 55.9 Å². The zero-order chi connectivity index (χ0) is 24.4. The van der Waals surface area contributed by atoms with Crippen LogP contribution in [0.4, 0.5) is 5.69 Å². The van der Waals surface area contributed by atoms with Crippen LogP contribution in [-0.2, 0) is 11.2 Å². The van der Waals surface area contributed by atoms with E-state index in [1.54, 1.807) is 0 Å². The van der Waals surface area contributed by atoms with Crippen LogP contribution < -0.4 is 10.2 Å². The maximum absolute atomic E-state index is 12.8. The van der Waals surface area contributed by atoms with E-state index in [0.29, 0.717) is 30.2 Å². The number of piperazine rings is 1. The Labute approximate surface area is 213 Å². The van der Waals surface area contributed by atoms with Gasteiger partial charge < -0.3 is 10.2 Å². The van der Waals surface area contributed by atoms with E-state index in [9.17, 15) is 9.59 Å². The normalized spacial score (nSPS) is 22.5. The van der Waals surface area contributed by atoms with E-state index >= 15 is 0 Å². The van der Waals surface area contributed by atoms with Crippen molar-refractivity contribution in [3.05, 3.63) is 63.7 Å². The number of carbonyl (C=O) groups is 2. The molecule has 2 aromatic carbocycles. The number of nitrogens with one attached hydrogen (secondary N) is 1. The van der Waals surface area contributed by atoms with Crippen LogP contribution in [0.5, 0.6) is 0 Å². The SMILES string of the molecule is Cc1ccc(Cl)cc1N1CCN(CCCNC(=O)c2ccc3c(c2)CC(=O)C2CCCCC32)CC1. The van der Waals surface area contributed by atoms with Gasteiger partial charge in [-0.15, -0.1) is 0 Å². The third kappa shape index (κ3) is 5.41. The predicted octanol–water partition coefficient (Wildman–Crippen LogP) is 4.99. The number of aryl methyl sites for hydroxylation is 1. The smallest absolute Gasteiger partial charge is 0.251 e. The van der Waals surface area contributed by atoms with E-state index in [0.717, 1.165) is 62.6 Å². The summed E-state index contributed by atoms with van der Waals surface area (Å²) in [4.78, 5) is 30.3. The molecule has 2 fully saturated rings. The highest BCUT2D eigenvalue weighted by Crippen LogP contribution is 2.43. The number of amides is 1. The molecule has 1 saturated carbocycles. The number of ketones is 1. The predicted molar refractivity (Wildman–Crippen MR) is 142 cm³/mol. The van der Waals surface area contributed by atoms with E-state index in [1.165, 1.54) is 29.7 Å². The molecule has 0 bridgehead atoms. The molecule has 1 heterocycles. The second kappa shape index (κ2) is 10.7. The van der Waals surface area contributed by atoms with Gasteiger partial charge >= 0.3 is 0 Å². The maximum atomic E-state index is 12.8. The number of carbonyl (C=O) groups excluding carboxylic acids is 2. The number of fused-ring (bicyclic) bond motifs is 3. The Balaban J connectivity index is 1.08. The van der Waals surface area contributed by atoms with Crippen molar-refractivity contribution in [2.45, 2.75) is 51.4 Å². The highest BCUT2D eigenvalue weighted by Gasteiger charge is 2.37. The Hall–Kier alpha value is -2.37. The van der Waals surface area contributed by atoms with E-state index in [-0.39, 0.29) is 11.8 Å². The Morgan fingerprint density at radius 3 is 2.60 bits per heavy atom. The second-order valence-electron chi connectivity index (χ2n) is 10.4. The molecule has 35 heavy (non-hydrogen) atoms. The van der Waals surface area contributed by atoms with Crippen molar-refractivity contribution in [1.82, 2.24) is 10.2 Å². The van der Waals surface area contributed by atoms with Gasteiger partial charge in [-0.05, 0) is 79.6 Å². The third-order valence-corrected chi connectivity index (χ3v) is 8.40. The summed E-state index contributed by atoms with van der Waals surface area (Å²) in [5, 5.41) is 3.87. The summed E-state index contributed by atoms with van der Waals surface area (Å²) >= 11 is 6.20. The average molecular weight is 494 g/mol. The van der Waals surface area contributed by atoms with Gasteiger partial charge in [-0.2, -0.15) is 0 Å². The van der Waals surface area contributed by atoms with Gasteiger partial charge in [0.1, 0.15) is 5.78 Å². The van der Waals surface area contributed by atoms with Crippen LogP contribution in [0.25, 0.3) is 0 Å². The Bertz CT molecular complexity index is 1090. The van der Waals surface area contributed by atoms with Gasteiger partial charge in [-0.3, -0.25) is 14.5 Å². The van der Waals surface area contributed by atoms with Gasteiger partial charge in [-0.1, -0.05) is 36.6 Å². The summed E-state index contributed by atoms with van der Waals surface area (Å²) in [7, 11) is 0. The van der Waals surface area contributed by atoms with Crippen molar-refractivity contribution < 1.29 is 9.59 Å². The van der Waals surface area contributed by atoms with Gasteiger partial charge in [-0.25, -0.2) is 0 Å². The van der Waals surface area contributed by atoms with Gasteiger partial charge in [0.25, 0.3) is 5.91 Å². The van der Waals surface area contributed by atoms with Crippen LogP contribution in [0, 0.1) is 12.8 Å². The lowest BCUT2D eigenvalue weighted by Crippen LogP contribution is -2.47. The van der Waals surface area contributed by atoms with Crippen molar-refractivity contribution >= 4 is 29.0 Å². The van der Waals surface area contributed by atoms with Crippen LogP contribution in [0.1, 0.15) is 65.1 Å². The summed E-state index contributed by atoms with van der Waals surface area (Å²) in [6.45, 7) is 7.78. The summed E-state index contributed by atoms with van der Waals surface area (Å²) in [5.74, 6) is 0.894. The minimum Gasteiger partial charge on any atom is -0.369 e. The van der Waals surface area contributed by atoms with E-state index < -0.39 is 0 Å². The average Bonchev–Trinajstić information content (AvgIpc) is 2.88. The molecule has 1 saturated heterocycles. The first kappa shape index (κ1) is 24.3. The number of rotatable bonds is 6. The van der Waals surface area contributed by atoms with Gasteiger partial charge in [0.2, 0.25) is 0 Å². The largest absolute Gasteiger partial charge is 0.369 e. The fourth-order valence-corrected chi connectivity index (χ4v) is 6.38. The lowest BCUT2D eigenvalue weighted by molar-refractivity contribution is -0.124. The monoisotopic (exact) mass is 493 g/mol. The fraction of sp³-hybridized carbons (Fsp3) is 0.517. The summed E-state index contributed by atoms with van der Waals surface area (Å²) in [6, 6.07) is 12.1. The fourth-order valence-electron chi connectivity index (χ4n) is 6.21. The van der Waals surface area contributed by atoms with Crippen molar-refractivity contribution in [3.63, 3.8) is 0 Å². The molecule has 3 aliphatic rings. The van der Waals surface area contributed by atoms with Gasteiger partial charge in [0.05, 0.1) is 0 Å². The zero-order valence-corrected chi connectivity index (χ0v) is 21.4. The molecule has 186 valence electrons. The third-order valence-electron chi connectivity index (χ3n) is 8.17. The molecule has 1 amide bonds. The number of halogens is 1. The molecule has 5 rings (SSSR count). The molecule has 1 aliphatic heterocycles. The molecule has 0 spiro atoms. The van der Waals surface area contributed by atoms with E-state index in [4.69, 9.17) is 11.6 Å². The second-order valence-corrected chi connectivity index (χ2v) is 10.9. The number of nitrogens with zero attached hydrogens (tertiary/aromatic N) is 2. The van der Waals surface area contributed by atoms with Crippen LogP contribution in [0.3, 0.4) is 0 Å². The Kier molecular flexibility index (Phi) is 7.45.